The SMILES string of the molecule is O=C(NCc1cccnc1)Nc1ccc(OCCc2ccccc2-c2cccc(CN3CCNCC3)c2)cc1. The van der Waals surface area contributed by atoms with Crippen LogP contribution in [0.25, 0.3) is 11.1 Å². The third kappa shape index (κ3) is 7.89. The van der Waals surface area contributed by atoms with Crippen molar-refractivity contribution in [3.05, 3.63) is 114 Å². The number of anilines is 1. The number of piperazine rings is 1. The van der Waals surface area contributed by atoms with E-state index in [9.17, 15) is 4.79 Å². The van der Waals surface area contributed by atoms with E-state index in [1.807, 2.05) is 36.4 Å². The number of pyridine rings is 1. The van der Waals surface area contributed by atoms with Crippen molar-refractivity contribution in [3.63, 3.8) is 0 Å². The van der Waals surface area contributed by atoms with Crippen LogP contribution in [0.2, 0.25) is 0 Å². The van der Waals surface area contributed by atoms with Crippen LogP contribution in [-0.2, 0) is 19.5 Å². The zero-order chi connectivity index (χ0) is 26.7. The summed E-state index contributed by atoms with van der Waals surface area (Å²) in [4.78, 5) is 18.7. The zero-order valence-electron chi connectivity index (χ0n) is 22.1. The molecular weight excluding hydrogens is 486 g/mol. The summed E-state index contributed by atoms with van der Waals surface area (Å²) in [7, 11) is 0. The maximum atomic E-state index is 12.2. The Labute approximate surface area is 230 Å². The van der Waals surface area contributed by atoms with Crippen molar-refractivity contribution in [1.82, 2.24) is 20.5 Å². The van der Waals surface area contributed by atoms with Crippen LogP contribution in [-0.4, -0.2) is 48.7 Å². The lowest BCUT2D eigenvalue weighted by Crippen LogP contribution is -2.42. The maximum Gasteiger partial charge on any atom is 0.319 e. The van der Waals surface area contributed by atoms with Gasteiger partial charge in [0.15, 0.2) is 0 Å². The molecule has 0 aliphatic carbocycles. The highest BCUT2D eigenvalue weighted by Crippen LogP contribution is 2.26. The highest BCUT2D eigenvalue weighted by atomic mass is 16.5. The second kappa shape index (κ2) is 13.6. The third-order valence-electron chi connectivity index (χ3n) is 6.80. The van der Waals surface area contributed by atoms with Crippen LogP contribution >= 0.6 is 0 Å². The molecule has 0 unspecified atom stereocenters. The Morgan fingerprint density at radius 3 is 2.56 bits per heavy atom. The van der Waals surface area contributed by atoms with Gasteiger partial charge in [-0.2, -0.15) is 0 Å². The molecule has 39 heavy (non-hydrogen) atoms. The minimum atomic E-state index is -0.263. The summed E-state index contributed by atoms with van der Waals surface area (Å²) in [5, 5.41) is 9.10. The Kier molecular flexibility index (Phi) is 9.18. The second-order valence-corrected chi connectivity index (χ2v) is 9.68. The van der Waals surface area contributed by atoms with Crippen LogP contribution in [0.4, 0.5) is 10.5 Å². The third-order valence-corrected chi connectivity index (χ3v) is 6.80. The molecule has 1 aliphatic rings. The van der Waals surface area contributed by atoms with Crippen LogP contribution < -0.4 is 20.7 Å². The molecule has 2 amide bonds. The predicted octanol–water partition coefficient (Wildman–Crippen LogP) is 5.10. The van der Waals surface area contributed by atoms with Crippen molar-refractivity contribution < 1.29 is 9.53 Å². The number of urea groups is 1. The molecular formula is C32H35N5O2. The van der Waals surface area contributed by atoms with Crippen molar-refractivity contribution in [2.24, 2.45) is 0 Å². The lowest BCUT2D eigenvalue weighted by molar-refractivity contribution is 0.233. The Morgan fingerprint density at radius 2 is 1.74 bits per heavy atom. The quantitative estimate of drug-likeness (QED) is 0.271. The molecule has 7 nitrogen and oxygen atoms in total. The molecule has 0 saturated carbocycles. The van der Waals surface area contributed by atoms with Crippen molar-refractivity contribution >= 4 is 11.7 Å². The maximum absolute atomic E-state index is 12.2. The standard InChI is InChI=1S/C32H35N5O2/c38-32(35-23-26-6-4-15-34-22-26)36-29-10-12-30(13-11-29)39-20-14-27-7-1-2-9-31(27)28-8-3-5-25(21-28)24-37-18-16-33-17-19-37/h1-13,15,21-22,33H,14,16-20,23-24H2,(H2,35,36,38). The summed E-state index contributed by atoms with van der Waals surface area (Å²) in [6.45, 7) is 6.27. The molecule has 1 saturated heterocycles. The number of carbonyl (C=O) groups is 1. The Bertz CT molecular complexity index is 1340. The molecule has 3 N–H and O–H groups in total. The number of ether oxygens (including phenoxy) is 1. The number of carbonyl (C=O) groups excluding carboxylic acids is 1. The van der Waals surface area contributed by atoms with E-state index in [4.69, 9.17) is 4.74 Å². The molecule has 1 fully saturated rings. The monoisotopic (exact) mass is 521 g/mol. The largest absolute Gasteiger partial charge is 0.493 e. The summed E-state index contributed by atoms with van der Waals surface area (Å²) in [5.74, 6) is 0.770. The first-order valence-electron chi connectivity index (χ1n) is 13.5. The normalized spacial score (nSPS) is 13.5. The fourth-order valence-electron chi connectivity index (χ4n) is 4.76. The van der Waals surface area contributed by atoms with Gasteiger partial charge < -0.3 is 20.7 Å². The summed E-state index contributed by atoms with van der Waals surface area (Å²) in [6.07, 6.45) is 4.24. The van der Waals surface area contributed by atoms with Gasteiger partial charge in [0.1, 0.15) is 5.75 Å². The number of hydrogen-bond donors (Lipinski definition) is 3. The van der Waals surface area contributed by atoms with Crippen molar-refractivity contribution in [3.8, 4) is 16.9 Å². The number of rotatable bonds is 10. The minimum absolute atomic E-state index is 0.263. The Hall–Kier alpha value is -4.20. The average Bonchev–Trinajstić information content (AvgIpc) is 2.98. The van der Waals surface area contributed by atoms with Crippen LogP contribution in [0.5, 0.6) is 5.75 Å². The van der Waals surface area contributed by atoms with Gasteiger partial charge in [-0.15, -0.1) is 0 Å². The lowest BCUT2D eigenvalue weighted by atomic mass is 9.96. The molecule has 2 heterocycles. The number of amides is 2. The minimum Gasteiger partial charge on any atom is -0.493 e. The zero-order valence-corrected chi connectivity index (χ0v) is 22.1. The number of hydrogen-bond acceptors (Lipinski definition) is 5. The van der Waals surface area contributed by atoms with E-state index >= 15 is 0 Å². The smallest absolute Gasteiger partial charge is 0.319 e. The van der Waals surface area contributed by atoms with Gasteiger partial charge >= 0.3 is 6.03 Å². The number of nitrogens with zero attached hydrogens (tertiary/aromatic N) is 2. The first-order valence-corrected chi connectivity index (χ1v) is 13.5. The van der Waals surface area contributed by atoms with Crippen LogP contribution in [0.3, 0.4) is 0 Å². The second-order valence-electron chi connectivity index (χ2n) is 9.68. The van der Waals surface area contributed by atoms with Crippen molar-refractivity contribution in [2.45, 2.75) is 19.5 Å². The van der Waals surface area contributed by atoms with E-state index in [0.717, 1.165) is 50.5 Å². The number of benzene rings is 3. The van der Waals surface area contributed by atoms with Gasteiger partial charge in [0.2, 0.25) is 0 Å². The van der Waals surface area contributed by atoms with Crippen LogP contribution in [0.15, 0.2) is 97.3 Å². The molecule has 1 aromatic heterocycles. The average molecular weight is 522 g/mol. The molecule has 1 aliphatic heterocycles. The molecule has 5 rings (SSSR count). The van der Waals surface area contributed by atoms with Gasteiger partial charge in [0.25, 0.3) is 0 Å². The highest BCUT2D eigenvalue weighted by molar-refractivity contribution is 5.89. The van der Waals surface area contributed by atoms with E-state index in [1.54, 1.807) is 12.4 Å². The molecule has 3 aromatic carbocycles. The highest BCUT2D eigenvalue weighted by Gasteiger charge is 2.11. The van der Waals surface area contributed by atoms with Crippen LogP contribution in [0, 0.1) is 0 Å². The Morgan fingerprint density at radius 1 is 0.923 bits per heavy atom. The molecule has 7 heteroatoms. The summed E-state index contributed by atoms with van der Waals surface area (Å²) >= 11 is 0. The molecule has 200 valence electrons. The van der Waals surface area contributed by atoms with Gasteiger partial charge in [-0.25, -0.2) is 4.79 Å². The lowest BCUT2D eigenvalue weighted by Gasteiger charge is -2.27. The van der Waals surface area contributed by atoms with Gasteiger partial charge in [-0.1, -0.05) is 48.5 Å². The van der Waals surface area contributed by atoms with E-state index in [-0.39, 0.29) is 6.03 Å². The predicted molar refractivity (Wildman–Crippen MR) is 156 cm³/mol. The van der Waals surface area contributed by atoms with Gasteiger partial charge in [0, 0.05) is 63.8 Å². The molecule has 0 atom stereocenters. The first-order chi connectivity index (χ1) is 19.2. The summed E-state index contributed by atoms with van der Waals surface area (Å²) in [6, 6.07) is 28.4. The topological polar surface area (TPSA) is 78.5 Å². The molecule has 0 bridgehead atoms. The van der Waals surface area contributed by atoms with E-state index in [1.165, 1.54) is 22.3 Å². The summed E-state index contributed by atoms with van der Waals surface area (Å²) < 4.78 is 6.04. The first kappa shape index (κ1) is 26.4. The number of aromatic nitrogens is 1. The van der Waals surface area contributed by atoms with Gasteiger partial charge in [0.05, 0.1) is 6.61 Å². The van der Waals surface area contributed by atoms with Crippen molar-refractivity contribution in [2.75, 3.05) is 38.1 Å². The summed E-state index contributed by atoms with van der Waals surface area (Å²) in [5.41, 5.74) is 6.76. The van der Waals surface area contributed by atoms with Crippen LogP contribution in [0.1, 0.15) is 16.7 Å². The van der Waals surface area contributed by atoms with Gasteiger partial charge in [-0.05, 0) is 64.2 Å². The number of nitrogens with one attached hydrogen (secondary N) is 3. The fourth-order valence-corrected chi connectivity index (χ4v) is 4.76. The Balaban J connectivity index is 1.12. The van der Waals surface area contributed by atoms with E-state index < -0.39 is 0 Å². The molecule has 0 spiro atoms. The van der Waals surface area contributed by atoms with E-state index in [2.05, 4.69) is 74.4 Å². The fraction of sp³-hybridized carbons (Fsp3) is 0.250. The molecule has 4 aromatic rings. The molecule has 0 radical (unpaired) electrons. The van der Waals surface area contributed by atoms with Crippen molar-refractivity contribution in [1.29, 1.82) is 0 Å². The van der Waals surface area contributed by atoms with E-state index in [0.29, 0.717) is 18.8 Å². The van der Waals surface area contributed by atoms with Gasteiger partial charge in [-0.3, -0.25) is 9.88 Å².